The molecule has 1 aromatic carbocycles. The second-order valence-electron chi connectivity index (χ2n) is 8.12. The van der Waals surface area contributed by atoms with Crippen molar-refractivity contribution in [2.45, 2.75) is 32.9 Å². The molecule has 0 radical (unpaired) electrons. The van der Waals surface area contributed by atoms with Crippen molar-refractivity contribution in [3.8, 4) is 5.75 Å². The molecule has 2 heterocycles. The molecule has 0 N–H and O–H groups in total. The van der Waals surface area contributed by atoms with Gasteiger partial charge in [-0.2, -0.15) is 0 Å². The van der Waals surface area contributed by atoms with Crippen LogP contribution in [0.4, 0.5) is 0 Å². The van der Waals surface area contributed by atoms with E-state index in [4.69, 9.17) is 9.47 Å². The summed E-state index contributed by atoms with van der Waals surface area (Å²) in [5.41, 5.74) is 5.62. The van der Waals surface area contributed by atoms with Crippen molar-refractivity contribution in [2.75, 3.05) is 27.3 Å². The summed E-state index contributed by atoms with van der Waals surface area (Å²) in [6.07, 6.45) is 5.68. The van der Waals surface area contributed by atoms with Crippen LogP contribution in [-0.4, -0.2) is 41.8 Å². The molecule has 168 valence electrons. The molecule has 0 bridgehead atoms. The van der Waals surface area contributed by atoms with Crippen molar-refractivity contribution in [1.29, 1.82) is 0 Å². The summed E-state index contributed by atoms with van der Waals surface area (Å²) < 4.78 is 12.6. The van der Waals surface area contributed by atoms with E-state index >= 15 is 0 Å². The Kier molecular flexibility index (Phi) is 7.19. The number of nitrogens with zero attached hydrogens (tertiary/aromatic N) is 3. The van der Waals surface area contributed by atoms with Gasteiger partial charge in [-0.1, -0.05) is 18.2 Å². The number of fused-ring (bicyclic) bond motifs is 1. The maximum Gasteiger partial charge on any atom is 0.258 e. The number of pyridine rings is 1. The van der Waals surface area contributed by atoms with Crippen molar-refractivity contribution in [1.82, 2.24) is 14.5 Å². The number of ether oxygens (including phenoxy) is 2. The van der Waals surface area contributed by atoms with Gasteiger partial charge in [0.1, 0.15) is 12.4 Å². The lowest BCUT2D eigenvalue weighted by Gasteiger charge is -2.21. The van der Waals surface area contributed by atoms with Crippen LogP contribution >= 0.6 is 11.3 Å². The Morgan fingerprint density at radius 2 is 2.09 bits per heavy atom. The number of rotatable bonds is 9. The fourth-order valence-electron chi connectivity index (χ4n) is 3.88. The monoisotopic (exact) mass is 451 g/mol. The molecule has 0 saturated heterocycles. The number of methoxy groups -OCH3 is 1. The third-order valence-corrected chi connectivity index (χ3v) is 6.39. The summed E-state index contributed by atoms with van der Waals surface area (Å²) in [6, 6.07) is 10.0. The van der Waals surface area contributed by atoms with Gasteiger partial charge in [-0.25, -0.2) is 4.98 Å². The molecule has 3 aromatic rings. The topological polar surface area (TPSA) is 56.6 Å². The Hall–Kier alpha value is -2.74. The quantitative estimate of drug-likeness (QED) is 0.488. The Bertz CT molecular complexity index is 1170. The van der Waals surface area contributed by atoms with Crippen molar-refractivity contribution in [3.63, 3.8) is 0 Å². The molecule has 0 unspecified atom stereocenters. The Labute approximate surface area is 192 Å². The zero-order valence-electron chi connectivity index (χ0n) is 18.8. The van der Waals surface area contributed by atoms with Crippen LogP contribution in [0.15, 0.2) is 46.7 Å². The molecule has 1 aliphatic carbocycles. The number of allylic oxidation sites excluding steroid dienone is 1. The van der Waals surface area contributed by atoms with E-state index in [1.54, 1.807) is 35.3 Å². The van der Waals surface area contributed by atoms with Crippen molar-refractivity contribution in [3.05, 3.63) is 79.7 Å². The minimum Gasteiger partial charge on any atom is -0.487 e. The van der Waals surface area contributed by atoms with Crippen LogP contribution < -0.4 is 10.3 Å². The molecule has 7 heteroatoms. The van der Waals surface area contributed by atoms with Crippen LogP contribution in [0, 0.1) is 6.92 Å². The zero-order chi connectivity index (χ0) is 22.5. The summed E-state index contributed by atoms with van der Waals surface area (Å²) >= 11 is 1.59. The van der Waals surface area contributed by atoms with E-state index in [1.807, 2.05) is 18.4 Å². The van der Waals surface area contributed by atoms with Gasteiger partial charge in [0.05, 0.1) is 17.3 Å². The van der Waals surface area contributed by atoms with Gasteiger partial charge in [0.15, 0.2) is 0 Å². The summed E-state index contributed by atoms with van der Waals surface area (Å²) in [7, 11) is 3.83. The third kappa shape index (κ3) is 5.54. The summed E-state index contributed by atoms with van der Waals surface area (Å²) in [5.74, 6) is 0.566. The standard InChI is InChI=1S/C25H29N3O3S/c1-18-26-22(17-32-18)16-31-24-8-9-28(25(29)14-24)23-7-6-20-12-19(4-5-21(20)13-23)15-27(2)10-11-30-3/h4-5,8-9,12-14,17H,6-7,10-11,15-16H2,1-3H3. The van der Waals surface area contributed by atoms with Crippen LogP contribution in [0.1, 0.15) is 33.8 Å². The molecule has 32 heavy (non-hydrogen) atoms. The number of benzene rings is 1. The minimum absolute atomic E-state index is 0.0805. The third-order valence-electron chi connectivity index (χ3n) is 5.56. The van der Waals surface area contributed by atoms with E-state index in [1.165, 1.54) is 16.7 Å². The predicted molar refractivity (Wildman–Crippen MR) is 129 cm³/mol. The lowest BCUT2D eigenvalue weighted by molar-refractivity contribution is 0.158. The summed E-state index contributed by atoms with van der Waals surface area (Å²) in [5, 5.41) is 2.98. The highest BCUT2D eigenvalue weighted by Gasteiger charge is 2.14. The molecular formula is C25H29N3O3S. The Balaban J connectivity index is 1.45. The number of likely N-dealkylation sites (N-methyl/N-ethyl adjacent to an activating group) is 1. The summed E-state index contributed by atoms with van der Waals surface area (Å²) in [6.45, 7) is 4.87. The number of hydrogen-bond acceptors (Lipinski definition) is 6. The minimum atomic E-state index is -0.0805. The molecule has 0 spiro atoms. The fourth-order valence-corrected chi connectivity index (χ4v) is 4.47. The largest absolute Gasteiger partial charge is 0.487 e. The average molecular weight is 452 g/mol. The maximum atomic E-state index is 12.7. The molecule has 0 atom stereocenters. The van der Waals surface area contributed by atoms with Gasteiger partial charge in [-0.3, -0.25) is 14.3 Å². The van der Waals surface area contributed by atoms with Gasteiger partial charge in [0.25, 0.3) is 5.56 Å². The molecule has 0 aliphatic heterocycles. The first kappa shape index (κ1) is 22.5. The highest BCUT2D eigenvalue weighted by molar-refractivity contribution is 7.09. The maximum absolute atomic E-state index is 12.7. The van der Waals surface area contributed by atoms with E-state index in [0.29, 0.717) is 12.4 Å². The number of aryl methyl sites for hydroxylation is 2. The van der Waals surface area contributed by atoms with Gasteiger partial charge in [-0.15, -0.1) is 11.3 Å². The van der Waals surface area contributed by atoms with E-state index < -0.39 is 0 Å². The van der Waals surface area contributed by atoms with Crippen LogP contribution in [0.25, 0.3) is 11.8 Å². The molecule has 0 saturated carbocycles. The first-order valence-corrected chi connectivity index (χ1v) is 11.7. The smallest absolute Gasteiger partial charge is 0.258 e. The highest BCUT2D eigenvalue weighted by atomic mass is 32.1. The molecule has 6 nitrogen and oxygen atoms in total. The zero-order valence-corrected chi connectivity index (χ0v) is 19.7. The van der Waals surface area contributed by atoms with E-state index in [-0.39, 0.29) is 5.56 Å². The Morgan fingerprint density at radius 1 is 1.22 bits per heavy atom. The van der Waals surface area contributed by atoms with Crippen LogP contribution in [0.2, 0.25) is 0 Å². The molecule has 4 rings (SSSR count). The number of thiazole rings is 1. The van der Waals surface area contributed by atoms with Gasteiger partial charge in [-0.05, 0) is 55.6 Å². The normalized spacial score (nSPS) is 13.2. The second kappa shape index (κ2) is 10.3. The van der Waals surface area contributed by atoms with Gasteiger partial charge in [0.2, 0.25) is 0 Å². The van der Waals surface area contributed by atoms with Crippen LogP contribution in [-0.2, 0) is 24.3 Å². The SMILES string of the molecule is COCCN(C)Cc1ccc2c(c1)CCC(n1ccc(OCc3csc(C)n3)cc1=O)=C2. The number of aromatic nitrogens is 2. The highest BCUT2D eigenvalue weighted by Crippen LogP contribution is 2.27. The van der Waals surface area contributed by atoms with Crippen LogP contribution in [0.5, 0.6) is 5.75 Å². The number of hydrogen-bond donors (Lipinski definition) is 0. The average Bonchev–Trinajstić information content (AvgIpc) is 3.21. The lowest BCUT2D eigenvalue weighted by Crippen LogP contribution is -2.22. The Morgan fingerprint density at radius 3 is 2.84 bits per heavy atom. The fraction of sp³-hybridized carbons (Fsp3) is 0.360. The summed E-state index contributed by atoms with van der Waals surface area (Å²) in [4.78, 5) is 19.4. The molecule has 0 amide bonds. The van der Waals surface area contributed by atoms with Crippen molar-refractivity contribution in [2.24, 2.45) is 0 Å². The van der Waals surface area contributed by atoms with E-state index in [0.717, 1.165) is 48.9 Å². The van der Waals surface area contributed by atoms with Crippen molar-refractivity contribution >= 4 is 23.1 Å². The molecular weight excluding hydrogens is 422 g/mol. The predicted octanol–water partition coefficient (Wildman–Crippen LogP) is 4.21. The van der Waals surface area contributed by atoms with Crippen LogP contribution in [0.3, 0.4) is 0 Å². The second-order valence-corrected chi connectivity index (χ2v) is 9.18. The van der Waals surface area contributed by atoms with E-state index in [9.17, 15) is 4.79 Å². The first-order chi connectivity index (χ1) is 15.5. The lowest BCUT2D eigenvalue weighted by atomic mass is 9.93. The van der Waals surface area contributed by atoms with E-state index in [2.05, 4.69) is 41.2 Å². The molecule has 2 aromatic heterocycles. The van der Waals surface area contributed by atoms with Gasteiger partial charge < -0.3 is 9.47 Å². The van der Waals surface area contributed by atoms with Crippen molar-refractivity contribution < 1.29 is 9.47 Å². The first-order valence-electron chi connectivity index (χ1n) is 10.8. The molecule has 1 aliphatic rings. The molecule has 0 fully saturated rings. The van der Waals surface area contributed by atoms with Gasteiger partial charge in [0, 0.05) is 43.5 Å². The van der Waals surface area contributed by atoms with Gasteiger partial charge >= 0.3 is 0 Å².